The summed E-state index contributed by atoms with van der Waals surface area (Å²) >= 11 is 0. The number of aromatic nitrogens is 2. The van der Waals surface area contributed by atoms with Gasteiger partial charge in [0.15, 0.2) is 0 Å². The second kappa shape index (κ2) is 7.19. The summed E-state index contributed by atoms with van der Waals surface area (Å²) in [6.07, 6.45) is 2.14. The first kappa shape index (κ1) is 18.0. The number of ether oxygens (including phenoxy) is 1. The zero-order valence-corrected chi connectivity index (χ0v) is 15.2. The van der Waals surface area contributed by atoms with Gasteiger partial charge in [-0.05, 0) is 31.4 Å². The summed E-state index contributed by atoms with van der Waals surface area (Å²) in [7, 11) is 1.59. The molecule has 1 aromatic carbocycles. The molecule has 0 radical (unpaired) electrons. The van der Waals surface area contributed by atoms with Crippen molar-refractivity contribution < 1.29 is 19.4 Å². The standard InChI is InChI=1S/C19H23N3O4/c1-12-8-14(19(24)25)11-21(10-12)18(23)15-9-20-22(13(15)2)16-6-4-5-7-17(16)26-3/h4-7,9,12,14H,8,10-11H2,1-3H3,(H,24,25). The molecule has 7 nitrogen and oxygen atoms in total. The summed E-state index contributed by atoms with van der Waals surface area (Å²) in [6.45, 7) is 4.59. The van der Waals surface area contributed by atoms with Crippen LogP contribution in [0, 0.1) is 18.8 Å². The molecule has 1 aromatic heterocycles. The molecule has 3 rings (SSSR count). The molecule has 1 saturated heterocycles. The first-order chi connectivity index (χ1) is 12.4. The summed E-state index contributed by atoms with van der Waals surface area (Å²) in [5.41, 5.74) is 1.93. The number of hydrogen-bond acceptors (Lipinski definition) is 4. The number of nitrogens with zero attached hydrogens (tertiary/aromatic N) is 3. The highest BCUT2D eigenvalue weighted by Crippen LogP contribution is 2.27. The number of piperidine rings is 1. The van der Waals surface area contributed by atoms with Crippen LogP contribution in [0.25, 0.3) is 5.69 Å². The predicted octanol–water partition coefficient (Wildman–Crippen LogP) is 2.37. The molecule has 0 saturated carbocycles. The van der Waals surface area contributed by atoms with E-state index in [1.165, 1.54) is 0 Å². The molecule has 0 bridgehead atoms. The van der Waals surface area contributed by atoms with Crippen LogP contribution in [0.15, 0.2) is 30.5 Å². The normalized spacial score (nSPS) is 20.0. The molecule has 1 aliphatic heterocycles. The van der Waals surface area contributed by atoms with Gasteiger partial charge in [-0.3, -0.25) is 9.59 Å². The lowest BCUT2D eigenvalue weighted by molar-refractivity contribution is -0.143. The minimum atomic E-state index is -0.851. The first-order valence-electron chi connectivity index (χ1n) is 8.62. The number of benzene rings is 1. The Kier molecular flexibility index (Phi) is 4.97. The van der Waals surface area contributed by atoms with Gasteiger partial charge < -0.3 is 14.7 Å². The van der Waals surface area contributed by atoms with Crippen molar-refractivity contribution in [1.29, 1.82) is 0 Å². The molecule has 1 amide bonds. The maximum absolute atomic E-state index is 13.0. The monoisotopic (exact) mass is 357 g/mol. The summed E-state index contributed by atoms with van der Waals surface area (Å²) in [5, 5.41) is 13.7. The summed E-state index contributed by atoms with van der Waals surface area (Å²) in [5.74, 6) is -0.738. The maximum atomic E-state index is 13.0. The van der Waals surface area contributed by atoms with E-state index in [0.29, 0.717) is 30.0 Å². The van der Waals surface area contributed by atoms with Crippen LogP contribution in [0.5, 0.6) is 5.75 Å². The van der Waals surface area contributed by atoms with Gasteiger partial charge in [0.2, 0.25) is 0 Å². The van der Waals surface area contributed by atoms with Crippen molar-refractivity contribution in [2.45, 2.75) is 20.3 Å². The molecule has 1 N–H and O–H groups in total. The lowest BCUT2D eigenvalue weighted by atomic mass is 9.90. The fourth-order valence-corrected chi connectivity index (χ4v) is 3.53. The molecule has 7 heteroatoms. The Bertz CT molecular complexity index is 830. The Morgan fingerprint density at radius 2 is 2.00 bits per heavy atom. The van der Waals surface area contributed by atoms with Crippen molar-refractivity contribution in [1.82, 2.24) is 14.7 Å². The van der Waals surface area contributed by atoms with Gasteiger partial charge in [0.05, 0.1) is 30.5 Å². The van der Waals surface area contributed by atoms with Crippen molar-refractivity contribution in [3.05, 3.63) is 41.7 Å². The molecule has 26 heavy (non-hydrogen) atoms. The number of carbonyl (C=O) groups is 2. The smallest absolute Gasteiger partial charge is 0.308 e. The highest BCUT2D eigenvalue weighted by atomic mass is 16.5. The van der Waals surface area contributed by atoms with Crippen LogP contribution < -0.4 is 4.74 Å². The molecule has 0 spiro atoms. The van der Waals surface area contributed by atoms with Crippen LogP contribution in [-0.2, 0) is 4.79 Å². The molecule has 0 aliphatic carbocycles. The second-order valence-electron chi connectivity index (χ2n) is 6.81. The number of hydrogen-bond donors (Lipinski definition) is 1. The number of carbonyl (C=O) groups excluding carboxylic acids is 1. The molecule has 1 fully saturated rings. The van der Waals surface area contributed by atoms with Crippen molar-refractivity contribution in [2.75, 3.05) is 20.2 Å². The Hall–Kier alpha value is -2.83. The van der Waals surface area contributed by atoms with Crippen molar-refractivity contribution >= 4 is 11.9 Å². The Morgan fingerprint density at radius 1 is 1.27 bits per heavy atom. The van der Waals surface area contributed by atoms with E-state index in [-0.39, 0.29) is 18.4 Å². The van der Waals surface area contributed by atoms with Crippen LogP contribution >= 0.6 is 0 Å². The zero-order valence-electron chi connectivity index (χ0n) is 15.2. The first-order valence-corrected chi connectivity index (χ1v) is 8.62. The molecule has 1 aliphatic rings. The van der Waals surface area contributed by atoms with E-state index in [4.69, 9.17) is 4.74 Å². The summed E-state index contributed by atoms with van der Waals surface area (Å²) in [6, 6.07) is 7.46. The number of para-hydroxylation sites is 2. The second-order valence-corrected chi connectivity index (χ2v) is 6.81. The predicted molar refractivity (Wildman–Crippen MR) is 95.7 cm³/mol. The topological polar surface area (TPSA) is 84.7 Å². The molecular weight excluding hydrogens is 334 g/mol. The van der Waals surface area contributed by atoms with Crippen molar-refractivity contribution in [3.8, 4) is 11.4 Å². The number of rotatable bonds is 4. The van der Waals surface area contributed by atoms with Crippen LogP contribution in [0.2, 0.25) is 0 Å². The number of amides is 1. The summed E-state index contributed by atoms with van der Waals surface area (Å²) < 4.78 is 7.05. The molecule has 2 atom stereocenters. The highest BCUT2D eigenvalue weighted by Gasteiger charge is 2.33. The molecular formula is C19H23N3O4. The average Bonchev–Trinajstić information content (AvgIpc) is 3.01. The number of likely N-dealkylation sites (tertiary alicyclic amines) is 1. The highest BCUT2D eigenvalue weighted by molar-refractivity contribution is 5.95. The SMILES string of the molecule is COc1ccccc1-n1ncc(C(=O)N2CC(C)CC(C(=O)O)C2)c1C. The third-order valence-corrected chi connectivity index (χ3v) is 4.85. The van der Waals surface area contributed by atoms with E-state index in [9.17, 15) is 14.7 Å². The van der Waals surface area contributed by atoms with E-state index < -0.39 is 11.9 Å². The van der Waals surface area contributed by atoms with E-state index >= 15 is 0 Å². The van der Waals surface area contributed by atoms with Gasteiger partial charge in [-0.25, -0.2) is 4.68 Å². The number of carboxylic acids is 1. The van der Waals surface area contributed by atoms with Gasteiger partial charge in [0, 0.05) is 13.1 Å². The largest absolute Gasteiger partial charge is 0.494 e. The van der Waals surface area contributed by atoms with Gasteiger partial charge >= 0.3 is 5.97 Å². The zero-order chi connectivity index (χ0) is 18.8. The quantitative estimate of drug-likeness (QED) is 0.908. The minimum absolute atomic E-state index is 0.151. The number of methoxy groups -OCH3 is 1. The third kappa shape index (κ3) is 3.29. The average molecular weight is 357 g/mol. The van der Waals surface area contributed by atoms with Gasteiger partial charge in [0.1, 0.15) is 11.4 Å². The number of aliphatic carboxylic acids is 1. The fraction of sp³-hybridized carbons (Fsp3) is 0.421. The molecule has 2 unspecified atom stereocenters. The van der Waals surface area contributed by atoms with Crippen LogP contribution in [0.4, 0.5) is 0 Å². The van der Waals surface area contributed by atoms with Crippen molar-refractivity contribution in [2.24, 2.45) is 11.8 Å². The maximum Gasteiger partial charge on any atom is 0.308 e. The Balaban J connectivity index is 1.90. The van der Waals surface area contributed by atoms with Crippen LogP contribution in [-0.4, -0.2) is 51.9 Å². The third-order valence-electron chi connectivity index (χ3n) is 4.85. The van der Waals surface area contributed by atoms with Crippen LogP contribution in [0.1, 0.15) is 29.4 Å². The lowest BCUT2D eigenvalue weighted by Gasteiger charge is -2.34. The van der Waals surface area contributed by atoms with Crippen molar-refractivity contribution in [3.63, 3.8) is 0 Å². The fourth-order valence-electron chi connectivity index (χ4n) is 3.53. The van der Waals surface area contributed by atoms with E-state index in [1.807, 2.05) is 38.1 Å². The molecule has 2 heterocycles. The van der Waals surface area contributed by atoms with E-state index in [2.05, 4.69) is 5.10 Å². The Morgan fingerprint density at radius 3 is 2.69 bits per heavy atom. The van der Waals surface area contributed by atoms with Gasteiger partial charge in [0.25, 0.3) is 5.91 Å². The van der Waals surface area contributed by atoms with Gasteiger partial charge in [-0.2, -0.15) is 5.10 Å². The lowest BCUT2D eigenvalue weighted by Crippen LogP contribution is -2.45. The van der Waals surface area contributed by atoms with Gasteiger partial charge in [-0.15, -0.1) is 0 Å². The minimum Gasteiger partial charge on any atom is -0.494 e. The summed E-state index contributed by atoms with van der Waals surface area (Å²) in [4.78, 5) is 26.0. The Labute approximate surface area is 152 Å². The van der Waals surface area contributed by atoms with Gasteiger partial charge in [-0.1, -0.05) is 19.1 Å². The molecule has 2 aromatic rings. The molecule has 138 valence electrons. The number of carboxylic acid groups (broad SMARTS) is 1. The van der Waals surface area contributed by atoms with E-state index in [1.54, 1.807) is 22.9 Å². The van der Waals surface area contributed by atoms with Crippen LogP contribution in [0.3, 0.4) is 0 Å². The van der Waals surface area contributed by atoms with E-state index in [0.717, 1.165) is 5.69 Å².